The molecule has 0 fully saturated rings. The van der Waals surface area contributed by atoms with Crippen LogP contribution in [0.25, 0.3) is 0 Å². The van der Waals surface area contributed by atoms with Crippen LogP contribution in [0.5, 0.6) is 0 Å². The summed E-state index contributed by atoms with van der Waals surface area (Å²) in [6.45, 7) is 3.44. The van der Waals surface area contributed by atoms with E-state index >= 15 is 0 Å². The molecule has 1 aromatic heterocycles. The third-order valence-corrected chi connectivity index (χ3v) is 3.73. The molecule has 8 heteroatoms. The van der Waals surface area contributed by atoms with Crippen molar-refractivity contribution in [2.24, 2.45) is 0 Å². The Morgan fingerprint density at radius 2 is 2.17 bits per heavy atom. The van der Waals surface area contributed by atoms with Gasteiger partial charge in [0.2, 0.25) is 5.13 Å². The fraction of sp³-hybridized carbons (Fsp3) is 0.400. The second-order valence-electron chi connectivity index (χ2n) is 5.91. The number of benzene rings is 1. The molecule has 2 rings (SSSR count). The number of amides is 2. The molecular weight excluding hydrogens is 319 g/mol. The maximum Gasteiger partial charge on any atom is 0.323 e. The lowest BCUT2D eigenvalue weighted by Gasteiger charge is -2.25. The van der Waals surface area contributed by atoms with E-state index in [1.807, 2.05) is 0 Å². The minimum atomic E-state index is -0.976. The van der Waals surface area contributed by atoms with Crippen molar-refractivity contribution in [1.82, 2.24) is 15.1 Å². The molecule has 1 heterocycles. The number of nitrogens with zero attached hydrogens (tertiary/aromatic N) is 3. The van der Waals surface area contributed by atoms with E-state index in [0.29, 0.717) is 16.6 Å². The third kappa shape index (κ3) is 5.57. The predicted molar refractivity (Wildman–Crippen MR) is 87.1 cm³/mol. The summed E-state index contributed by atoms with van der Waals surface area (Å²) in [4.78, 5) is 13.4. The van der Waals surface area contributed by atoms with E-state index in [1.165, 1.54) is 28.4 Å². The minimum absolute atomic E-state index is 0.188. The Bertz CT molecular complexity index is 684. The fourth-order valence-corrected chi connectivity index (χ4v) is 2.80. The number of aromatic nitrogens is 2. The molecule has 0 unspecified atom stereocenters. The molecular formula is C15H19FN4O2S. The van der Waals surface area contributed by atoms with Crippen LogP contribution >= 0.6 is 11.3 Å². The average molecular weight is 338 g/mol. The zero-order chi connectivity index (χ0) is 17.0. The molecule has 0 saturated heterocycles. The van der Waals surface area contributed by atoms with Crippen molar-refractivity contribution in [2.75, 3.05) is 18.9 Å². The highest BCUT2D eigenvalue weighted by Gasteiger charge is 2.20. The van der Waals surface area contributed by atoms with Gasteiger partial charge in [-0.3, -0.25) is 5.32 Å². The van der Waals surface area contributed by atoms with Crippen LogP contribution in [-0.4, -0.2) is 45.4 Å². The van der Waals surface area contributed by atoms with Crippen molar-refractivity contribution in [3.63, 3.8) is 0 Å². The fourth-order valence-electron chi connectivity index (χ4n) is 2.04. The number of carbonyl (C=O) groups excluding carboxylic acids is 1. The summed E-state index contributed by atoms with van der Waals surface area (Å²) in [5.41, 5.74) is -0.186. The van der Waals surface area contributed by atoms with Gasteiger partial charge in [0.25, 0.3) is 0 Å². The van der Waals surface area contributed by atoms with Gasteiger partial charge in [0.05, 0.1) is 12.1 Å². The Labute approximate surface area is 138 Å². The standard InChI is InChI=1S/C15H19FN4O2S/c1-15(2,22)9-20(3)14(21)17-13-19-18-12(23-13)8-10-5-4-6-11(16)7-10/h4-7,22H,8-9H2,1-3H3,(H,17,19,21). The van der Waals surface area contributed by atoms with Crippen LogP contribution in [0.1, 0.15) is 24.4 Å². The van der Waals surface area contributed by atoms with Gasteiger partial charge in [-0.15, -0.1) is 10.2 Å². The summed E-state index contributed by atoms with van der Waals surface area (Å²) < 4.78 is 13.2. The van der Waals surface area contributed by atoms with Crippen molar-refractivity contribution in [1.29, 1.82) is 0 Å². The first-order valence-electron chi connectivity index (χ1n) is 7.04. The monoisotopic (exact) mass is 338 g/mol. The molecule has 2 amide bonds. The smallest absolute Gasteiger partial charge is 0.323 e. The zero-order valence-electron chi connectivity index (χ0n) is 13.2. The lowest BCUT2D eigenvalue weighted by Crippen LogP contribution is -2.41. The van der Waals surface area contributed by atoms with Crippen LogP contribution in [0, 0.1) is 5.82 Å². The van der Waals surface area contributed by atoms with Gasteiger partial charge >= 0.3 is 6.03 Å². The van der Waals surface area contributed by atoms with Gasteiger partial charge < -0.3 is 10.0 Å². The number of likely N-dealkylation sites (N-methyl/N-ethyl adjacent to an activating group) is 1. The Balaban J connectivity index is 1.95. The van der Waals surface area contributed by atoms with Crippen LogP contribution in [-0.2, 0) is 6.42 Å². The molecule has 6 nitrogen and oxygen atoms in total. The first-order chi connectivity index (χ1) is 10.7. The third-order valence-electron chi connectivity index (χ3n) is 2.90. The van der Waals surface area contributed by atoms with E-state index in [4.69, 9.17) is 0 Å². The first kappa shape index (κ1) is 17.3. The van der Waals surface area contributed by atoms with Crippen LogP contribution in [0.15, 0.2) is 24.3 Å². The molecule has 0 spiro atoms. The van der Waals surface area contributed by atoms with Gasteiger partial charge in [0, 0.05) is 13.5 Å². The first-order valence-corrected chi connectivity index (χ1v) is 7.86. The molecule has 0 aliphatic heterocycles. The molecule has 2 aromatic rings. The van der Waals surface area contributed by atoms with E-state index in [1.54, 1.807) is 33.0 Å². The largest absolute Gasteiger partial charge is 0.389 e. The summed E-state index contributed by atoms with van der Waals surface area (Å²) in [5.74, 6) is -0.297. The van der Waals surface area contributed by atoms with Gasteiger partial charge in [-0.05, 0) is 31.5 Å². The molecule has 124 valence electrons. The molecule has 0 aliphatic carbocycles. The van der Waals surface area contributed by atoms with Crippen molar-refractivity contribution in [3.8, 4) is 0 Å². The van der Waals surface area contributed by atoms with Crippen LogP contribution in [0.4, 0.5) is 14.3 Å². The summed E-state index contributed by atoms with van der Waals surface area (Å²) >= 11 is 1.23. The summed E-state index contributed by atoms with van der Waals surface area (Å²) in [6, 6.07) is 5.89. The molecule has 0 radical (unpaired) electrons. The number of urea groups is 1. The van der Waals surface area contributed by atoms with Crippen LogP contribution in [0.3, 0.4) is 0 Å². The number of hydrogen-bond donors (Lipinski definition) is 2. The van der Waals surface area contributed by atoms with Gasteiger partial charge in [-0.25, -0.2) is 9.18 Å². The second kappa shape index (κ2) is 7.01. The van der Waals surface area contributed by atoms with Gasteiger partial charge in [-0.2, -0.15) is 0 Å². The van der Waals surface area contributed by atoms with E-state index in [-0.39, 0.29) is 18.4 Å². The number of hydrogen-bond acceptors (Lipinski definition) is 5. The quantitative estimate of drug-likeness (QED) is 0.878. The maximum atomic E-state index is 13.2. The highest BCUT2D eigenvalue weighted by Crippen LogP contribution is 2.19. The highest BCUT2D eigenvalue weighted by molar-refractivity contribution is 7.15. The van der Waals surface area contributed by atoms with E-state index < -0.39 is 5.60 Å². The van der Waals surface area contributed by atoms with Crippen molar-refractivity contribution in [2.45, 2.75) is 25.9 Å². The Morgan fingerprint density at radius 1 is 1.43 bits per heavy atom. The van der Waals surface area contributed by atoms with Gasteiger partial charge in [0.15, 0.2) is 0 Å². The van der Waals surface area contributed by atoms with Crippen LogP contribution < -0.4 is 5.32 Å². The molecule has 0 saturated carbocycles. The number of halogens is 1. The summed E-state index contributed by atoms with van der Waals surface area (Å²) in [6.07, 6.45) is 0.449. The van der Waals surface area contributed by atoms with Crippen molar-refractivity contribution >= 4 is 22.5 Å². The molecule has 0 bridgehead atoms. The maximum absolute atomic E-state index is 13.2. The normalized spacial score (nSPS) is 11.3. The minimum Gasteiger partial charge on any atom is -0.389 e. The van der Waals surface area contributed by atoms with Crippen LogP contribution in [0.2, 0.25) is 0 Å². The molecule has 1 aromatic carbocycles. The van der Waals surface area contributed by atoms with Crippen molar-refractivity contribution in [3.05, 3.63) is 40.7 Å². The lowest BCUT2D eigenvalue weighted by atomic mass is 10.1. The van der Waals surface area contributed by atoms with E-state index in [2.05, 4.69) is 15.5 Å². The Morgan fingerprint density at radius 3 is 2.83 bits per heavy atom. The molecule has 0 aliphatic rings. The zero-order valence-corrected chi connectivity index (χ0v) is 14.0. The van der Waals surface area contributed by atoms with E-state index in [0.717, 1.165) is 5.56 Å². The highest BCUT2D eigenvalue weighted by atomic mass is 32.1. The number of carbonyl (C=O) groups is 1. The SMILES string of the molecule is CN(CC(C)(C)O)C(=O)Nc1nnc(Cc2cccc(F)c2)s1. The Kier molecular flexibility index (Phi) is 5.27. The molecule has 2 N–H and O–H groups in total. The number of nitrogens with one attached hydrogen (secondary N) is 1. The average Bonchev–Trinajstić information content (AvgIpc) is 2.84. The lowest BCUT2D eigenvalue weighted by molar-refractivity contribution is 0.0550. The predicted octanol–water partition coefficient (Wildman–Crippen LogP) is 2.50. The number of anilines is 1. The van der Waals surface area contributed by atoms with Gasteiger partial charge in [-0.1, -0.05) is 23.5 Å². The van der Waals surface area contributed by atoms with E-state index in [9.17, 15) is 14.3 Å². The second-order valence-corrected chi connectivity index (χ2v) is 6.97. The molecule has 0 atom stereocenters. The number of aliphatic hydroxyl groups is 1. The Hall–Kier alpha value is -2.06. The summed E-state index contributed by atoms with van der Waals surface area (Å²) in [7, 11) is 1.59. The van der Waals surface area contributed by atoms with Gasteiger partial charge in [0.1, 0.15) is 10.8 Å². The topological polar surface area (TPSA) is 78.4 Å². The molecule has 23 heavy (non-hydrogen) atoms. The van der Waals surface area contributed by atoms with Crippen molar-refractivity contribution < 1.29 is 14.3 Å². The number of rotatable bonds is 5. The summed E-state index contributed by atoms with van der Waals surface area (Å²) in [5, 5.41) is 21.3.